The van der Waals surface area contributed by atoms with Gasteiger partial charge in [0.1, 0.15) is 13.2 Å². The van der Waals surface area contributed by atoms with Gasteiger partial charge in [0.05, 0.1) is 11.4 Å². The molecule has 0 spiro atoms. The number of hydrogen-bond donors (Lipinski definition) is 1. The Hall–Kier alpha value is -2.17. The van der Waals surface area contributed by atoms with Crippen molar-refractivity contribution in [1.82, 2.24) is 14.4 Å². The highest BCUT2D eigenvalue weighted by Crippen LogP contribution is 2.37. The Bertz CT molecular complexity index is 928. The van der Waals surface area contributed by atoms with Crippen molar-refractivity contribution in [3.63, 3.8) is 0 Å². The highest BCUT2D eigenvalue weighted by Gasteiger charge is 2.46. The molecule has 1 atom stereocenters. The fourth-order valence-electron chi connectivity index (χ4n) is 3.06. The first-order valence-corrected chi connectivity index (χ1v) is 9.82. The van der Waals surface area contributed by atoms with E-state index in [0.29, 0.717) is 37.0 Å². The number of aliphatic hydroxyl groups is 1. The lowest BCUT2D eigenvalue weighted by Crippen LogP contribution is -2.34. The summed E-state index contributed by atoms with van der Waals surface area (Å²) in [6.07, 6.45) is 0.751. The van der Waals surface area contributed by atoms with Gasteiger partial charge in [0.15, 0.2) is 22.9 Å². The van der Waals surface area contributed by atoms with Crippen LogP contribution in [0.3, 0.4) is 0 Å². The smallest absolute Gasteiger partial charge is 0.260 e. The number of rotatable bonds is 4. The van der Waals surface area contributed by atoms with Crippen LogP contribution in [0.15, 0.2) is 27.6 Å². The van der Waals surface area contributed by atoms with Gasteiger partial charge in [-0.1, -0.05) is 12.1 Å². The van der Waals surface area contributed by atoms with Crippen LogP contribution in [-0.4, -0.2) is 54.3 Å². The second-order valence-corrected chi connectivity index (χ2v) is 8.23. The molecule has 0 radical (unpaired) electrons. The molecule has 3 heterocycles. The Balaban J connectivity index is 1.59. The normalized spacial score (nSPS) is 23.3. The maximum absolute atomic E-state index is 13.0. The molecular formula is C16H19N3O6S. The van der Waals surface area contributed by atoms with Gasteiger partial charge in [-0.2, -0.15) is 9.29 Å². The lowest BCUT2D eigenvalue weighted by molar-refractivity contribution is 0.0194. The molecular weight excluding hydrogens is 362 g/mol. The van der Waals surface area contributed by atoms with Crippen molar-refractivity contribution in [1.29, 1.82) is 0 Å². The van der Waals surface area contributed by atoms with Crippen molar-refractivity contribution in [2.45, 2.75) is 30.3 Å². The van der Waals surface area contributed by atoms with E-state index in [2.05, 4.69) is 10.1 Å². The van der Waals surface area contributed by atoms with Crippen LogP contribution < -0.4 is 9.47 Å². The number of β-amino-alcohol motifs (C(OH)–C–C–N with tert-alkyl or cyclic N) is 1. The summed E-state index contributed by atoms with van der Waals surface area (Å²) in [5, 5.41) is 14.6. The molecule has 2 aromatic rings. The van der Waals surface area contributed by atoms with Crippen molar-refractivity contribution >= 4 is 10.0 Å². The Labute approximate surface area is 150 Å². The predicted octanol–water partition coefficient (Wildman–Crippen LogP) is 0.685. The van der Waals surface area contributed by atoms with Gasteiger partial charge in [-0.05, 0) is 12.1 Å². The van der Waals surface area contributed by atoms with E-state index in [0.717, 1.165) is 0 Å². The molecule has 0 amide bonds. The van der Waals surface area contributed by atoms with Crippen LogP contribution in [0, 0.1) is 0 Å². The molecule has 9 nitrogen and oxygen atoms in total. The highest BCUT2D eigenvalue weighted by molar-refractivity contribution is 7.89. The molecule has 0 unspecified atom stereocenters. The summed E-state index contributed by atoms with van der Waals surface area (Å²) in [7, 11) is -3.80. The number of aryl methyl sites for hydroxylation is 1. The molecule has 1 aromatic heterocycles. The Kier molecular flexibility index (Phi) is 4.13. The molecule has 1 N–H and O–H groups in total. The molecule has 4 rings (SSSR count). The van der Waals surface area contributed by atoms with Crippen LogP contribution in [0.1, 0.15) is 25.1 Å². The molecule has 2 aliphatic rings. The van der Waals surface area contributed by atoms with Crippen LogP contribution in [-0.2, 0) is 22.0 Å². The van der Waals surface area contributed by atoms with E-state index in [1.807, 2.05) is 6.92 Å². The molecule has 1 fully saturated rings. The average Bonchev–Trinajstić information content (AvgIpc) is 3.29. The maximum Gasteiger partial charge on any atom is 0.260 e. The Morgan fingerprint density at radius 3 is 2.77 bits per heavy atom. The van der Waals surface area contributed by atoms with Crippen LogP contribution in [0.4, 0.5) is 0 Å². The van der Waals surface area contributed by atoms with Gasteiger partial charge in [0, 0.05) is 25.5 Å². The van der Waals surface area contributed by atoms with Crippen molar-refractivity contribution in [2.75, 3.05) is 26.3 Å². The molecule has 26 heavy (non-hydrogen) atoms. The third kappa shape index (κ3) is 2.83. The number of benzene rings is 1. The summed E-state index contributed by atoms with van der Waals surface area (Å²) in [6.45, 7) is 2.68. The maximum atomic E-state index is 13.0. The fourth-order valence-corrected chi connectivity index (χ4v) is 4.57. The number of hydrogen-bond acceptors (Lipinski definition) is 8. The molecule has 2 aliphatic heterocycles. The zero-order valence-electron chi connectivity index (χ0n) is 14.2. The molecule has 0 saturated carbocycles. The predicted molar refractivity (Wildman–Crippen MR) is 88.4 cm³/mol. The van der Waals surface area contributed by atoms with Gasteiger partial charge in [-0.25, -0.2) is 8.42 Å². The fraction of sp³-hybridized carbons (Fsp3) is 0.500. The van der Waals surface area contributed by atoms with E-state index in [4.69, 9.17) is 14.0 Å². The minimum atomic E-state index is -3.80. The number of fused-ring (bicyclic) bond motifs is 1. The van der Waals surface area contributed by atoms with Crippen molar-refractivity contribution < 1.29 is 27.5 Å². The van der Waals surface area contributed by atoms with Gasteiger partial charge in [0.25, 0.3) is 5.89 Å². The Morgan fingerprint density at radius 2 is 2.04 bits per heavy atom. The summed E-state index contributed by atoms with van der Waals surface area (Å²) >= 11 is 0. The van der Waals surface area contributed by atoms with E-state index in [9.17, 15) is 13.5 Å². The first kappa shape index (κ1) is 17.3. The molecule has 140 valence electrons. The van der Waals surface area contributed by atoms with Gasteiger partial charge in [-0.3, -0.25) is 0 Å². The SMILES string of the molecule is CCc1noc([C@]2(O)CCN(S(=O)(=O)c3ccc4c(c3)OCCO4)C2)n1. The van der Waals surface area contributed by atoms with Crippen molar-refractivity contribution in [3.8, 4) is 11.5 Å². The third-order valence-corrected chi connectivity index (χ3v) is 6.39. The van der Waals surface area contributed by atoms with Crippen molar-refractivity contribution in [2.24, 2.45) is 0 Å². The second-order valence-electron chi connectivity index (χ2n) is 6.29. The third-order valence-electron chi connectivity index (χ3n) is 4.55. The highest BCUT2D eigenvalue weighted by atomic mass is 32.2. The number of aromatic nitrogens is 2. The van der Waals surface area contributed by atoms with Gasteiger partial charge in [-0.15, -0.1) is 0 Å². The summed E-state index contributed by atoms with van der Waals surface area (Å²) in [5.74, 6) is 1.44. The van der Waals surface area contributed by atoms with E-state index < -0.39 is 15.6 Å². The largest absolute Gasteiger partial charge is 0.486 e. The monoisotopic (exact) mass is 381 g/mol. The summed E-state index contributed by atoms with van der Waals surface area (Å²) < 4.78 is 43.1. The second kappa shape index (κ2) is 6.22. The number of sulfonamides is 1. The molecule has 0 aliphatic carbocycles. The molecule has 1 aromatic carbocycles. The van der Waals surface area contributed by atoms with E-state index in [-0.39, 0.29) is 30.3 Å². The summed E-state index contributed by atoms with van der Waals surface area (Å²) in [4.78, 5) is 4.23. The summed E-state index contributed by atoms with van der Waals surface area (Å²) in [6, 6.07) is 4.50. The first-order chi connectivity index (χ1) is 12.4. The molecule has 10 heteroatoms. The zero-order chi connectivity index (χ0) is 18.4. The Morgan fingerprint density at radius 1 is 1.27 bits per heavy atom. The van der Waals surface area contributed by atoms with Crippen LogP contribution in [0.2, 0.25) is 0 Å². The van der Waals surface area contributed by atoms with E-state index >= 15 is 0 Å². The topological polar surface area (TPSA) is 115 Å². The molecule has 1 saturated heterocycles. The van der Waals surface area contributed by atoms with Crippen LogP contribution in [0.5, 0.6) is 11.5 Å². The number of nitrogens with zero attached hydrogens (tertiary/aromatic N) is 3. The quantitative estimate of drug-likeness (QED) is 0.822. The van der Waals surface area contributed by atoms with Crippen LogP contribution in [0.25, 0.3) is 0 Å². The first-order valence-electron chi connectivity index (χ1n) is 8.38. The van der Waals surface area contributed by atoms with Crippen LogP contribution >= 0.6 is 0 Å². The minimum absolute atomic E-state index is 0.0502. The lowest BCUT2D eigenvalue weighted by Gasteiger charge is -2.22. The van der Waals surface area contributed by atoms with E-state index in [1.165, 1.54) is 16.4 Å². The number of ether oxygens (including phenoxy) is 2. The van der Waals surface area contributed by atoms with E-state index in [1.54, 1.807) is 6.07 Å². The van der Waals surface area contributed by atoms with Gasteiger partial charge >= 0.3 is 0 Å². The lowest BCUT2D eigenvalue weighted by atomic mass is 10.0. The van der Waals surface area contributed by atoms with Crippen molar-refractivity contribution in [3.05, 3.63) is 29.9 Å². The zero-order valence-corrected chi connectivity index (χ0v) is 15.0. The molecule has 0 bridgehead atoms. The van der Waals surface area contributed by atoms with Gasteiger partial charge < -0.3 is 19.1 Å². The standard InChI is InChI=1S/C16H19N3O6S/c1-2-14-17-15(25-18-14)16(20)5-6-19(10-16)26(21,22)11-3-4-12-13(9-11)24-8-7-23-12/h3-4,9,20H,2,5-8,10H2,1H3/t16-/m0/s1. The summed E-state index contributed by atoms with van der Waals surface area (Å²) in [5.41, 5.74) is -1.48. The van der Waals surface area contributed by atoms with Gasteiger partial charge in [0.2, 0.25) is 10.0 Å². The average molecular weight is 381 g/mol. The minimum Gasteiger partial charge on any atom is -0.486 e.